The normalized spacial score (nSPS) is 12.1. The molecule has 0 radical (unpaired) electrons. The molecule has 2 aromatic rings. The molecule has 0 bridgehead atoms. The second-order valence-electron chi connectivity index (χ2n) is 6.60. The Bertz CT molecular complexity index is 812. The monoisotopic (exact) mass is 442 g/mol. The Morgan fingerprint density at radius 1 is 0.750 bits per heavy atom. The standard InChI is InChI=1S/C23H27BO8/c1-2-23(25)29-17-15-27-13-11-26-12-14-28-16-18-30-24-31-21-9-5-3-7-19(21)20-8-4-6-10-22(20)32-24/h2-10H,1,11-18H2. The minimum absolute atomic E-state index is 0.194. The van der Waals surface area contributed by atoms with E-state index in [1.54, 1.807) is 0 Å². The van der Waals surface area contributed by atoms with Gasteiger partial charge in [0.15, 0.2) is 0 Å². The molecule has 0 saturated carbocycles. The Morgan fingerprint density at radius 2 is 1.22 bits per heavy atom. The molecule has 1 aliphatic heterocycles. The molecule has 0 aliphatic carbocycles. The van der Waals surface area contributed by atoms with Gasteiger partial charge in [0.05, 0.1) is 46.2 Å². The van der Waals surface area contributed by atoms with Gasteiger partial charge in [0.1, 0.15) is 18.1 Å². The van der Waals surface area contributed by atoms with E-state index in [0.29, 0.717) is 57.7 Å². The van der Waals surface area contributed by atoms with Crippen LogP contribution in [0.25, 0.3) is 11.1 Å². The van der Waals surface area contributed by atoms with Gasteiger partial charge < -0.3 is 32.9 Å². The number of ether oxygens (including phenoxy) is 4. The van der Waals surface area contributed by atoms with Crippen LogP contribution in [0.4, 0.5) is 0 Å². The van der Waals surface area contributed by atoms with E-state index >= 15 is 0 Å². The van der Waals surface area contributed by atoms with Crippen molar-refractivity contribution in [3.05, 3.63) is 61.2 Å². The van der Waals surface area contributed by atoms with E-state index in [-0.39, 0.29) is 6.61 Å². The first-order valence-corrected chi connectivity index (χ1v) is 10.4. The fourth-order valence-corrected chi connectivity index (χ4v) is 2.89. The number of carbonyl (C=O) groups excluding carboxylic acids is 1. The first-order chi connectivity index (χ1) is 15.8. The SMILES string of the molecule is C=CC(=O)OCCOCCOCCOCCOB1Oc2ccccc2-c2ccccc2O1. The first kappa shape index (κ1) is 23.8. The van der Waals surface area contributed by atoms with Crippen LogP contribution >= 0.6 is 0 Å². The predicted octanol–water partition coefficient (Wildman–Crippen LogP) is 2.91. The third-order valence-electron chi connectivity index (χ3n) is 4.37. The maximum Gasteiger partial charge on any atom is 0.788 e. The van der Waals surface area contributed by atoms with Crippen molar-refractivity contribution in [2.75, 3.05) is 52.9 Å². The molecule has 32 heavy (non-hydrogen) atoms. The zero-order valence-corrected chi connectivity index (χ0v) is 17.9. The van der Waals surface area contributed by atoms with Gasteiger partial charge in [-0.2, -0.15) is 0 Å². The zero-order chi connectivity index (χ0) is 22.4. The van der Waals surface area contributed by atoms with E-state index in [4.69, 9.17) is 32.9 Å². The topological polar surface area (TPSA) is 81.7 Å². The number of esters is 1. The Morgan fingerprint density at radius 3 is 1.75 bits per heavy atom. The summed E-state index contributed by atoms with van der Waals surface area (Å²) < 4.78 is 38.5. The second-order valence-corrected chi connectivity index (χ2v) is 6.60. The predicted molar refractivity (Wildman–Crippen MR) is 118 cm³/mol. The van der Waals surface area contributed by atoms with Crippen molar-refractivity contribution in [1.82, 2.24) is 0 Å². The van der Waals surface area contributed by atoms with Gasteiger partial charge in [-0.3, -0.25) is 0 Å². The molecule has 1 aliphatic rings. The molecule has 1 heterocycles. The highest BCUT2D eigenvalue weighted by molar-refractivity contribution is 6.39. The zero-order valence-electron chi connectivity index (χ0n) is 17.9. The fourth-order valence-electron chi connectivity index (χ4n) is 2.89. The highest BCUT2D eigenvalue weighted by Crippen LogP contribution is 2.39. The van der Waals surface area contributed by atoms with Crippen molar-refractivity contribution >= 4 is 13.3 Å². The first-order valence-electron chi connectivity index (χ1n) is 10.4. The van der Waals surface area contributed by atoms with Crippen LogP contribution in [0.3, 0.4) is 0 Å². The molecule has 3 rings (SSSR count). The van der Waals surface area contributed by atoms with Crippen LogP contribution in [0.5, 0.6) is 11.5 Å². The lowest BCUT2D eigenvalue weighted by Gasteiger charge is -2.13. The molecule has 0 N–H and O–H groups in total. The lowest BCUT2D eigenvalue weighted by Crippen LogP contribution is -2.34. The molecule has 2 aromatic carbocycles. The number of rotatable bonds is 14. The van der Waals surface area contributed by atoms with Crippen molar-refractivity contribution < 1.29 is 37.7 Å². The van der Waals surface area contributed by atoms with Gasteiger partial charge >= 0.3 is 13.3 Å². The number of hydrogen-bond donors (Lipinski definition) is 0. The van der Waals surface area contributed by atoms with Crippen LogP contribution in [0.15, 0.2) is 61.2 Å². The molecule has 9 heteroatoms. The van der Waals surface area contributed by atoms with Gasteiger partial charge in [0.25, 0.3) is 0 Å². The van der Waals surface area contributed by atoms with Gasteiger partial charge in [0.2, 0.25) is 0 Å². The maximum absolute atomic E-state index is 10.8. The largest absolute Gasteiger partial charge is 0.788 e. The molecule has 0 fully saturated rings. The van der Waals surface area contributed by atoms with E-state index in [9.17, 15) is 4.79 Å². The van der Waals surface area contributed by atoms with Crippen molar-refractivity contribution in [1.29, 1.82) is 0 Å². The van der Waals surface area contributed by atoms with Gasteiger partial charge in [0, 0.05) is 17.2 Å². The minimum Gasteiger partial charge on any atom is -0.500 e. The summed E-state index contributed by atoms with van der Waals surface area (Å²) in [6.45, 7) is 6.21. The summed E-state index contributed by atoms with van der Waals surface area (Å²) in [5.74, 6) is 0.952. The highest BCUT2D eigenvalue weighted by atomic mass is 16.7. The van der Waals surface area contributed by atoms with Crippen molar-refractivity contribution in [3.63, 3.8) is 0 Å². The summed E-state index contributed by atoms with van der Waals surface area (Å²) in [5.41, 5.74) is 1.92. The summed E-state index contributed by atoms with van der Waals surface area (Å²) in [5, 5.41) is 0. The molecule has 0 atom stereocenters. The van der Waals surface area contributed by atoms with Gasteiger partial charge in [-0.05, 0) is 12.1 Å². The van der Waals surface area contributed by atoms with E-state index < -0.39 is 13.3 Å². The van der Waals surface area contributed by atoms with Crippen LogP contribution < -0.4 is 9.31 Å². The molecule has 0 aromatic heterocycles. The van der Waals surface area contributed by atoms with Gasteiger partial charge in [-0.15, -0.1) is 0 Å². The van der Waals surface area contributed by atoms with Crippen LogP contribution in [0.1, 0.15) is 0 Å². The third kappa shape index (κ3) is 7.69. The third-order valence-corrected chi connectivity index (χ3v) is 4.37. The molecule has 170 valence electrons. The summed E-state index contributed by atoms with van der Waals surface area (Å²) in [6, 6.07) is 15.5. The molecule has 0 amide bonds. The lowest BCUT2D eigenvalue weighted by molar-refractivity contribution is -0.139. The van der Waals surface area contributed by atoms with Crippen LogP contribution in [0, 0.1) is 0 Å². The van der Waals surface area contributed by atoms with E-state index in [2.05, 4.69) is 6.58 Å². The second kappa shape index (κ2) is 13.5. The summed E-state index contributed by atoms with van der Waals surface area (Å²) in [7, 11) is -0.859. The fraction of sp³-hybridized carbons (Fsp3) is 0.348. The number of para-hydroxylation sites is 2. The Kier molecular flexibility index (Phi) is 10.1. The molecule has 8 nitrogen and oxygen atoms in total. The Hall–Kier alpha value is -2.85. The average molecular weight is 442 g/mol. The van der Waals surface area contributed by atoms with Crippen molar-refractivity contribution in [2.45, 2.75) is 0 Å². The van der Waals surface area contributed by atoms with Gasteiger partial charge in [-0.1, -0.05) is 43.0 Å². The van der Waals surface area contributed by atoms with E-state index in [0.717, 1.165) is 17.2 Å². The number of hydrogen-bond acceptors (Lipinski definition) is 8. The summed E-state index contributed by atoms with van der Waals surface area (Å²) >= 11 is 0. The maximum atomic E-state index is 10.8. The molecule has 0 saturated heterocycles. The molecule has 0 unspecified atom stereocenters. The Labute approximate surface area is 188 Å². The number of carbonyl (C=O) groups is 1. The summed E-state index contributed by atoms with van der Waals surface area (Å²) in [4.78, 5) is 10.8. The molecule has 0 spiro atoms. The highest BCUT2D eigenvalue weighted by Gasteiger charge is 2.32. The van der Waals surface area contributed by atoms with Crippen molar-refractivity contribution in [3.8, 4) is 22.6 Å². The van der Waals surface area contributed by atoms with Crippen LogP contribution in [0.2, 0.25) is 0 Å². The Balaban J connectivity index is 1.25. The minimum atomic E-state index is -0.859. The van der Waals surface area contributed by atoms with Crippen molar-refractivity contribution in [2.24, 2.45) is 0 Å². The molecular weight excluding hydrogens is 415 g/mol. The summed E-state index contributed by atoms with van der Waals surface area (Å²) in [6.07, 6.45) is 1.11. The number of benzene rings is 2. The van der Waals surface area contributed by atoms with Gasteiger partial charge in [-0.25, -0.2) is 4.79 Å². The van der Waals surface area contributed by atoms with Crippen LogP contribution in [-0.2, 0) is 28.4 Å². The lowest BCUT2D eigenvalue weighted by atomic mass is 10.0. The average Bonchev–Trinajstić information content (AvgIpc) is 2.98. The van der Waals surface area contributed by atoms with E-state index in [1.165, 1.54) is 0 Å². The number of fused-ring (bicyclic) bond motifs is 3. The van der Waals surface area contributed by atoms with Crippen LogP contribution in [-0.4, -0.2) is 66.1 Å². The van der Waals surface area contributed by atoms with E-state index in [1.807, 2.05) is 48.5 Å². The molecular formula is C23H27BO8. The quantitative estimate of drug-likeness (QED) is 0.191. The smallest absolute Gasteiger partial charge is 0.500 e.